The van der Waals surface area contributed by atoms with Crippen LogP contribution in [0.5, 0.6) is 0 Å². The number of halogens is 1. The second-order valence-electron chi connectivity index (χ2n) is 6.28. The van der Waals surface area contributed by atoms with Gasteiger partial charge in [0.2, 0.25) is 12.3 Å². The Morgan fingerprint density at radius 3 is 3.00 bits per heavy atom. The highest BCUT2D eigenvalue weighted by molar-refractivity contribution is 9.10. The minimum absolute atomic E-state index is 0.136. The summed E-state index contributed by atoms with van der Waals surface area (Å²) < 4.78 is 0.674. The molecule has 7 heteroatoms. The molecule has 1 saturated heterocycles. The Morgan fingerprint density at radius 1 is 1.55 bits per heavy atom. The third-order valence-corrected chi connectivity index (χ3v) is 4.70. The summed E-state index contributed by atoms with van der Waals surface area (Å²) in [5.41, 5.74) is 0.949. The van der Waals surface area contributed by atoms with E-state index >= 15 is 0 Å². The van der Waals surface area contributed by atoms with Crippen LogP contribution >= 0.6 is 15.9 Å². The van der Waals surface area contributed by atoms with Gasteiger partial charge in [-0.2, -0.15) is 0 Å². The number of hydrogen-bond acceptors (Lipinski definition) is 4. The highest BCUT2D eigenvalue weighted by Gasteiger charge is 2.55. The molecule has 2 amide bonds. The first kappa shape index (κ1) is 15.4. The Balaban J connectivity index is 1.78. The first-order valence-corrected chi connectivity index (χ1v) is 8.11. The van der Waals surface area contributed by atoms with E-state index in [-0.39, 0.29) is 11.9 Å². The van der Waals surface area contributed by atoms with Crippen molar-refractivity contribution in [1.82, 2.24) is 14.8 Å². The smallest absolute Gasteiger partial charge is 0.248 e. The van der Waals surface area contributed by atoms with Gasteiger partial charge >= 0.3 is 0 Å². The summed E-state index contributed by atoms with van der Waals surface area (Å²) in [5.74, 6) is 1.23. The largest absolute Gasteiger partial charge is 0.333 e. The van der Waals surface area contributed by atoms with E-state index < -0.39 is 0 Å². The fourth-order valence-corrected chi connectivity index (χ4v) is 3.49. The lowest BCUT2D eigenvalue weighted by atomic mass is 10.1. The van der Waals surface area contributed by atoms with E-state index in [9.17, 15) is 9.59 Å². The van der Waals surface area contributed by atoms with Gasteiger partial charge in [-0.1, -0.05) is 6.07 Å². The van der Waals surface area contributed by atoms with Crippen molar-refractivity contribution in [2.75, 3.05) is 26.0 Å². The summed E-state index contributed by atoms with van der Waals surface area (Å²) in [4.78, 5) is 31.7. The van der Waals surface area contributed by atoms with Crippen LogP contribution in [0.2, 0.25) is 0 Å². The normalized spacial score (nSPS) is 26.0. The lowest BCUT2D eigenvalue weighted by molar-refractivity contribution is -0.128. The van der Waals surface area contributed by atoms with Gasteiger partial charge in [0.25, 0.3) is 0 Å². The van der Waals surface area contributed by atoms with Gasteiger partial charge in [-0.15, -0.1) is 0 Å². The monoisotopic (exact) mass is 366 g/mol. The molecule has 1 saturated carbocycles. The third-order valence-electron chi connectivity index (χ3n) is 4.26. The van der Waals surface area contributed by atoms with Crippen molar-refractivity contribution >= 4 is 34.1 Å². The summed E-state index contributed by atoms with van der Waals surface area (Å²) in [5, 5.41) is 2.91. The number of rotatable bonds is 5. The average molecular weight is 367 g/mol. The van der Waals surface area contributed by atoms with Gasteiger partial charge in [0.1, 0.15) is 16.5 Å². The third kappa shape index (κ3) is 3.01. The molecule has 3 atom stereocenters. The topological polar surface area (TPSA) is 65.5 Å². The van der Waals surface area contributed by atoms with Crippen LogP contribution in [0.15, 0.2) is 16.7 Å². The minimum atomic E-state index is -0.351. The minimum Gasteiger partial charge on any atom is -0.333 e. The standard InChI is InChI=1S/C15H19BrN4O2/c1-19(2)6-9-3-4-12(16)17-14(9)18-15(22)13-11-5-10(11)7-20(13)8-21/h3-4,8,10-11,13H,5-7H2,1-2H3,(H,17,18,22)/t10-,11-,13+/m1/s1. The molecule has 118 valence electrons. The Bertz CT molecular complexity index is 607. The van der Waals surface area contributed by atoms with Crippen LogP contribution in [0, 0.1) is 11.8 Å². The van der Waals surface area contributed by atoms with E-state index in [1.165, 1.54) is 0 Å². The Kier molecular flexibility index (Phi) is 4.18. The number of nitrogens with one attached hydrogen (secondary N) is 1. The Labute approximate surface area is 138 Å². The molecule has 1 aliphatic carbocycles. The summed E-state index contributed by atoms with van der Waals surface area (Å²) in [6.07, 6.45) is 1.82. The van der Waals surface area contributed by atoms with Crippen molar-refractivity contribution in [3.8, 4) is 0 Å². The number of pyridine rings is 1. The molecule has 1 aromatic heterocycles. The van der Waals surface area contributed by atoms with E-state index in [4.69, 9.17) is 0 Å². The molecule has 1 N–H and O–H groups in total. The number of likely N-dealkylation sites (tertiary alicyclic amines) is 1. The summed E-state index contributed by atoms with van der Waals surface area (Å²) in [6, 6.07) is 3.45. The number of carbonyl (C=O) groups is 2. The van der Waals surface area contributed by atoms with Crippen LogP contribution in [0.1, 0.15) is 12.0 Å². The second-order valence-corrected chi connectivity index (χ2v) is 7.09. The Morgan fingerprint density at radius 2 is 2.32 bits per heavy atom. The zero-order chi connectivity index (χ0) is 15.9. The maximum atomic E-state index is 12.6. The molecule has 1 aliphatic heterocycles. The van der Waals surface area contributed by atoms with Crippen molar-refractivity contribution in [3.05, 3.63) is 22.3 Å². The van der Waals surface area contributed by atoms with E-state index in [1.54, 1.807) is 4.90 Å². The van der Waals surface area contributed by atoms with Crippen molar-refractivity contribution < 1.29 is 9.59 Å². The van der Waals surface area contributed by atoms with Gasteiger partial charge in [0.15, 0.2) is 0 Å². The SMILES string of the molecule is CN(C)Cc1ccc(Br)nc1NC(=O)[C@@H]1[C@@H]2C[C@@H]2CN1C=O. The lowest BCUT2D eigenvalue weighted by Gasteiger charge is -2.23. The fraction of sp³-hybridized carbons (Fsp3) is 0.533. The summed E-state index contributed by atoms with van der Waals surface area (Å²) in [6.45, 7) is 1.38. The molecule has 22 heavy (non-hydrogen) atoms. The zero-order valence-electron chi connectivity index (χ0n) is 12.6. The van der Waals surface area contributed by atoms with Gasteiger partial charge in [0.05, 0.1) is 0 Å². The van der Waals surface area contributed by atoms with Crippen LogP contribution in [-0.2, 0) is 16.1 Å². The predicted molar refractivity (Wildman–Crippen MR) is 86.1 cm³/mol. The van der Waals surface area contributed by atoms with Gasteiger partial charge in [-0.05, 0) is 54.3 Å². The van der Waals surface area contributed by atoms with Gasteiger partial charge in [-0.3, -0.25) is 9.59 Å². The van der Waals surface area contributed by atoms with Crippen LogP contribution in [0.25, 0.3) is 0 Å². The molecule has 0 radical (unpaired) electrons. The van der Waals surface area contributed by atoms with Crippen molar-refractivity contribution in [1.29, 1.82) is 0 Å². The second kappa shape index (κ2) is 5.96. The highest BCUT2D eigenvalue weighted by atomic mass is 79.9. The van der Waals surface area contributed by atoms with Crippen LogP contribution < -0.4 is 5.32 Å². The summed E-state index contributed by atoms with van der Waals surface area (Å²) >= 11 is 3.34. The molecule has 2 fully saturated rings. The number of anilines is 1. The molecule has 0 bridgehead atoms. The average Bonchev–Trinajstić information content (AvgIpc) is 3.11. The fourth-order valence-electron chi connectivity index (χ4n) is 3.18. The molecule has 2 heterocycles. The van der Waals surface area contributed by atoms with Crippen LogP contribution in [0.3, 0.4) is 0 Å². The number of nitrogens with zero attached hydrogens (tertiary/aromatic N) is 3. The van der Waals surface area contributed by atoms with E-state index in [2.05, 4.69) is 26.2 Å². The van der Waals surface area contributed by atoms with E-state index in [0.717, 1.165) is 18.4 Å². The number of aromatic nitrogens is 1. The predicted octanol–water partition coefficient (Wildman–Crippen LogP) is 1.32. The molecule has 0 unspecified atom stereocenters. The highest BCUT2D eigenvalue weighted by Crippen LogP contribution is 2.49. The van der Waals surface area contributed by atoms with Gasteiger partial charge < -0.3 is 15.1 Å². The summed E-state index contributed by atoms with van der Waals surface area (Å²) in [7, 11) is 3.93. The van der Waals surface area contributed by atoms with Crippen molar-refractivity contribution in [3.63, 3.8) is 0 Å². The lowest BCUT2D eigenvalue weighted by Crippen LogP contribution is -2.42. The quantitative estimate of drug-likeness (QED) is 0.630. The van der Waals surface area contributed by atoms with Crippen molar-refractivity contribution in [2.45, 2.75) is 19.0 Å². The molecular weight excluding hydrogens is 348 g/mol. The molecule has 3 rings (SSSR count). The maximum absolute atomic E-state index is 12.6. The maximum Gasteiger partial charge on any atom is 0.248 e. The van der Waals surface area contributed by atoms with Crippen LogP contribution in [0.4, 0.5) is 5.82 Å². The molecule has 2 aliphatic rings. The Hall–Kier alpha value is -1.47. The number of hydrogen-bond donors (Lipinski definition) is 1. The van der Waals surface area contributed by atoms with Crippen LogP contribution in [-0.4, -0.2) is 53.8 Å². The van der Waals surface area contributed by atoms with Gasteiger partial charge in [-0.25, -0.2) is 4.98 Å². The van der Waals surface area contributed by atoms with Gasteiger partial charge in [0, 0.05) is 18.7 Å². The number of amides is 2. The van der Waals surface area contributed by atoms with E-state index in [1.807, 2.05) is 31.1 Å². The molecule has 0 spiro atoms. The zero-order valence-corrected chi connectivity index (χ0v) is 14.2. The molecular formula is C15H19BrN4O2. The number of fused-ring (bicyclic) bond motifs is 1. The molecule has 0 aromatic carbocycles. The molecule has 6 nitrogen and oxygen atoms in total. The molecule has 1 aromatic rings. The number of carbonyl (C=O) groups excluding carboxylic acids is 2. The first-order valence-electron chi connectivity index (χ1n) is 7.31. The van der Waals surface area contributed by atoms with Crippen molar-refractivity contribution in [2.24, 2.45) is 11.8 Å². The number of piperidine rings is 1. The first-order chi connectivity index (χ1) is 10.5. The van der Waals surface area contributed by atoms with E-state index in [0.29, 0.717) is 35.3 Å².